The number of ether oxygens (including phenoxy) is 1. The highest BCUT2D eigenvalue weighted by molar-refractivity contribution is 5.48. The summed E-state index contributed by atoms with van der Waals surface area (Å²) in [7, 11) is 0. The molecule has 2 atom stereocenters. The van der Waals surface area contributed by atoms with Gasteiger partial charge in [0.05, 0.1) is 32.0 Å². The number of aromatic nitrogens is 3. The SMILES string of the molecule is C[C@@H]1COCCN1c1nc2n(c(=O)c1F)C(C(F)(F)F)CCN2Cc1ncco1. The van der Waals surface area contributed by atoms with E-state index < -0.39 is 30.0 Å². The highest BCUT2D eigenvalue weighted by atomic mass is 19.4. The van der Waals surface area contributed by atoms with E-state index in [0.29, 0.717) is 17.8 Å². The summed E-state index contributed by atoms with van der Waals surface area (Å²) in [4.78, 5) is 23.9. The number of anilines is 2. The Morgan fingerprint density at radius 2 is 2.10 bits per heavy atom. The van der Waals surface area contributed by atoms with Crippen LogP contribution < -0.4 is 15.4 Å². The highest BCUT2D eigenvalue weighted by Crippen LogP contribution is 2.39. The second kappa shape index (κ2) is 7.32. The monoisotopic (exact) mass is 417 g/mol. The van der Waals surface area contributed by atoms with E-state index in [1.54, 1.807) is 11.8 Å². The van der Waals surface area contributed by atoms with Gasteiger partial charge in [-0.2, -0.15) is 22.5 Å². The third-order valence-electron chi connectivity index (χ3n) is 5.12. The lowest BCUT2D eigenvalue weighted by Crippen LogP contribution is -2.49. The first kappa shape index (κ1) is 19.7. The van der Waals surface area contributed by atoms with Crippen LogP contribution in [0.4, 0.5) is 29.3 Å². The molecule has 1 fully saturated rings. The quantitative estimate of drug-likeness (QED) is 0.708. The van der Waals surface area contributed by atoms with Crippen LogP contribution >= 0.6 is 0 Å². The molecule has 0 radical (unpaired) electrons. The van der Waals surface area contributed by atoms with Gasteiger partial charge in [0.25, 0.3) is 5.56 Å². The highest BCUT2D eigenvalue weighted by Gasteiger charge is 2.46. The molecule has 1 unspecified atom stereocenters. The summed E-state index contributed by atoms with van der Waals surface area (Å²) >= 11 is 0. The Hall–Kier alpha value is -2.63. The summed E-state index contributed by atoms with van der Waals surface area (Å²) in [6.07, 6.45) is -2.38. The molecule has 2 aliphatic rings. The minimum absolute atomic E-state index is 0.00769. The van der Waals surface area contributed by atoms with E-state index in [2.05, 4.69) is 9.97 Å². The maximum Gasteiger partial charge on any atom is 0.409 e. The number of hydrogen-bond acceptors (Lipinski definition) is 7. The number of alkyl halides is 3. The predicted octanol–water partition coefficient (Wildman–Crippen LogP) is 2.11. The fourth-order valence-electron chi connectivity index (χ4n) is 3.69. The molecule has 2 aromatic rings. The van der Waals surface area contributed by atoms with Crippen LogP contribution in [0.25, 0.3) is 0 Å². The van der Waals surface area contributed by atoms with Crippen molar-refractivity contribution in [1.82, 2.24) is 14.5 Å². The Balaban J connectivity index is 1.84. The van der Waals surface area contributed by atoms with Crippen LogP contribution in [0.2, 0.25) is 0 Å². The molecule has 0 N–H and O–H groups in total. The first-order valence-electron chi connectivity index (χ1n) is 9.14. The van der Waals surface area contributed by atoms with Crippen molar-refractivity contribution in [3.05, 3.63) is 34.5 Å². The Morgan fingerprint density at radius 1 is 1.31 bits per heavy atom. The predicted molar refractivity (Wildman–Crippen MR) is 93.3 cm³/mol. The summed E-state index contributed by atoms with van der Waals surface area (Å²) in [5.74, 6) is -1.56. The largest absolute Gasteiger partial charge is 0.447 e. The molecule has 158 valence electrons. The Labute approximate surface area is 162 Å². The maximum atomic E-state index is 14.9. The number of morpholine rings is 1. The normalized spacial score (nSPS) is 22.7. The molecule has 2 aliphatic heterocycles. The number of rotatable bonds is 3. The van der Waals surface area contributed by atoms with Gasteiger partial charge >= 0.3 is 6.18 Å². The van der Waals surface area contributed by atoms with E-state index in [0.717, 1.165) is 0 Å². The van der Waals surface area contributed by atoms with E-state index in [1.165, 1.54) is 17.4 Å². The smallest absolute Gasteiger partial charge is 0.409 e. The third-order valence-corrected chi connectivity index (χ3v) is 5.12. The minimum atomic E-state index is -4.71. The van der Waals surface area contributed by atoms with Crippen molar-refractivity contribution in [1.29, 1.82) is 0 Å². The first-order chi connectivity index (χ1) is 13.8. The molecular weight excluding hydrogens is 398 g/mol. The van der Waals surface area contributed by atoms with Crippen molar-refractivity contribution in [3.63, 3.8) is 0 Å². The summed E-state index contributed by atoms with van der Waals surface area (Å²) < 4.78 is 66.5. The first-order valence-corrected chi connectivity index (χ1v) is 9.14. The average Bonchev–Trinajstić information content (AvgIpc) is 3.18. The van der Waals surface area contributed by atoms with Gasteiger partial charge in [-0.05, 0) is 13.3 Å². The summed E-state index contributed by atoms with van der Waals surface area (Å²) in [6, 6.07) is -2.43. The van der Waals surface area contributed by atoms with Crippen LogP contribution in [0.1, 0.15) is 25.3 Å². The summed E-state index contributed by atoms with van der Waals surface area (Å²) in [5, 5.41) is 0. The summed E-state index contributed by atoms with van der Waals surface area (Å²) in [6.45, 7) is 2.60. The molecule has 8 nitrogen and oxygen atoms in total. The van der Waals surface area contributed by atoms with Crippen LogP contribution in [-0.4, -0.2) is 53.1 Å². The van der Waals surface area contributed by atoms with E-state index in [4.69, 9.17) is 9.15 Å². The molecule has 0 aromatic carbocycles. The van der Waals surface area contributed by atoms with Gasteiger partial charge in [0.15, 0.2) is 5.82 Å². The van der Waals surface area contributed by atoms with Crippen molar-refractivity contribution >= 4 is 11.8 Å². The van der Waals surface area contributed by atoms with Gasteiger partial charge in [0.2, 0.25) is 17.7 Å². The van der Waals surface area contributed by atoms with Crippen molar-refractivity contribution in [2.45, 2.75) is 38.1 Å². The zero-order chi connectivity index (χ0) is 20.8. The second-order valence-corrected chi connectivity index (χ2v) is 7.04. The molecule has 4 rings (SSSR count). The summed E-state index contributed by atoms with van der Waals surface area (Å²) in [5.41, 5.74) is -1.34. The molecule has 29 heavy (non-hydrogen) atoms. The average molecular weight is 417 g/mol. The Morgan fingerprint density at radius 3 is 2.76 bits per heavy atom. The fourth-order valence-corrected chi connectivity index (χ4v) is 3.69. The number of nitrogens with zero attached hydrogens (tertiary/aromatic N) is 5. The van der Waals surface area contributed by atoms with Gasteiger partial charge < -0.3 is 19.0 Å². The number of hydrogen-bond donors (Lipinski definition) is 0. The van der Waals surface area contributed by atoms with E-state index in [1.807, 2.05) is 0 Å². The van der Waals surface area contributed by atoms with Crippen LogP contribution in [0.15, 0.2) is 21.7 Å². The molecule has 12 heteroatoms. The molecule has 0 aliphatic carbocycles. The standard InChI is InChI=1S/C17H19F4N5O3/c1-10-9-28-7-5-25(10)14-13(18)15(27)26-11(17(19,20)21)2-4-24(16(26)23-14)8-12-22-3-6-29-12/h3,6,10-11H,2,4-5,7-9H2,1H3/t10-,11?/m1/s1. The van der Waals surface area contributed by atoms with Gasteiger partial charge in [-0.1, -0.05) is 0 Å². The zero-order valence-corrected chi connectivity index (χ0v) is 15.5. The molecule has 0 spiro atoms. The molecule has 0 bridgehead atoms. The van der Waals surface area contributed by atoms with Crippen LogP contribution in [0, 0.1) is 5.82 Å². The van der Waals surface area contributed by atoms with Gasteiger partial charge in [0.1, 0.15) is 12.3 Å². The van der Waals surface area contributed by atoms with E-state index >= 15 is 0 Å². The molecule has 2 aromatic heterocycles. The van der Waals surface area contributed by atoms with Gasteiger partial charge in [-0.15, -0.1) is 0 Å². The molecular formula is C17H19F4N5O3. The van der Waals surface area contributed by atoms with Crippen LogP contribution in [-0.2, 0) is 11.3 Å². The Bertz CT molecular complexity index is 930. The Kier molecular flexibility index (Phi) is 4.97. The van der Waals surface area contributed by atoms with Crippen molar-refractivity contribution in [2.75, 3.05) is 36.1 Å². The second-order valence-electron chi connectivity index (χ2n) is 7.04. The van der Waals surface area contributed by atoms with Crippen LogP contribution in [0.3, 0.4) is 0 Å². The lowest BCUT2D eigenvalue weighted by Gasteiger charge is -2.38. The number of fused-ring (bicyclic) bond motifs is 1. The molecule has 0 saturated carbocycles. The minimum Gasteiger partial charge on any atom is -0.447 e. The van der Waals surface area contributed by atoms with Gasteiger partial charge in [-0.3, -0.25) is 9.36 Å². The zero-order valence-electron chi connectivity index (χ0n) is 15.5. The lowest BCUT2D eigenvalue weighted by atomic mass is 10.1. The molecule has 0 amide bonds. The van der Waals surface area contributed by atoms with Crippen molar-refractivity contribution < 1.29 is 26.7 Å². The van der Waals surface area contributed by atoms with Gasteiger partial charge in [0, 0.05) is 13.1 Å². The fraction of sp³-hybridized carbons (Fsp3) is 0.588. The van der Waals surface area contributed by atoms with E-state index in [-0.39, 0.29) is 43.3 Å². The van der Waals surface area contributed by atoms with Crippen molar-refractivity contribution in [3.8, 4) is 0 Å². The maximum absolute atomic E-state index is 14.9. The van der Waals surface area contributed by atoms with Crippen LogP contribution in [0.5, 0.6) is 0 Å². The number of halogens is 4. The van der Waals surface area contributed by atoms with Crippen molar-refractivity contribution in [2.24, 2.45) is 0 Å². The third kappa shape index (κ3) is 3.56. The number of oxazole rings is 1. The van der Waals surface area contributed by atoms with E-state index in [9.17, 15) is 22.4 Å². The topological polar surface area (TPSA) is 76.6 Å². The molecule has 1 saturated heterocycles. The van der Waals surface area contributed by atoms with Gasteiger partial charge in [-0.25, -0.2) is 4.98 Å². The lowest BCUT2D eigenvalue weighted by molar-refractivity contribution is -0.171. The molecule has 4 heterocycles.